The third kappa shape index (κ3) is 5.36. The van der Waals surface area contributed by atoms with Crippen LogP contribution in [0.3, 0.4) is 0 Å². The van der Waals surface area contributed by atoms with Crippen molar-refractivity contribution >= 4 is 29.3 Å². The molecular weight excluding hydrogens is 370 g/mol. The zero-order valence-corrected chi connectivity index (χ0v) is 16.9. The lowest BCUT2D eigenvalue weighted by molar-refractivity contribution is -0.113. The van der Waals surface area contributed by atoms with Gasteiger partial charge in [0.05, 0.1) is 11.3 Å². The number of nitrogens with one attached hydrogen (secondary N) is 2. The van der Waals surface area contributed by atoms with Gasteiger partial charge in [0, 0.05) is 16.6 Å². The van der Waals surface area contributed by atoms with E-state index in [2.05, 4.69) is 10.6 Å². The van der Waals surface area contributed by atoms with Crippen molar-refractivity contribution in [3.05, 3.63) is 59.7 Å². The molecule has 1 saturated carbocycles. The van der Waals surface area contributed by atoms with E-state index in [9.17, 15) is 9.59 Å². The van der Waals surface area contributed by atoms with E-state index < -0.39 is 0 Å². The summed E-state index contributed by atoms with van der Waals surface area (Å²) in [7, 11) is 0. The van der Waals surface area contributed by atoms with Crippen LogP contribution in [-0.4, -0.2) is 30.2 Å². The molecule has 0 saturated heterocycles. The first-order chi connectivity index (χ1) is 13.6. The molecule has 2 atom stereocenters. The Balaban J connectivity index is 1.59. The minimum Gasteiger partial charge on any atom is -0.349 e. The number of amides is 2. The standard InChI is InChI=1S/C22H27N3O2S/c1-15-9-11-17(12-10-15)24-21(26)14-28-20-8-3-2-6-18(20)22(27)25-19-7-4-5-16(19)13-23/h2-3,6,8-12,16,19H,4-5,7,13-14,23H2,1H3,(H,24,26)(H,25,27). The molecule has 148 valence electrons. The Bertz CT molecular complexity index is 823. The highest BCUT2D eigenvalue weighted by Crippen LogP contribution is 2.27. The number of thioether (sulfide) groups is 1. The number of carbonyl (C=O) groups excluding carboxylic acids is 2. The summed E-state index contributed by atoms with van der Waals surface area (Å²) in [6, 6.07) is 15.2. The molecule has 0 bridgehead atoms. The van der Waals surface area contributed by atoms with Crippen molar-refractivity contribution in [3.63, 3.8) is 0 Å². The van der Waals surface area contributed by atoms with E-state index in [0.717, 1.165) is 35.4 Å². The van der Waals surface area contributed by atoms with Crippen LogP contribution in [-0.2, 0) is 4.79 Å². The van der Waals surface area contributed by atoms with E-state index in [0.29, 0.717) is 18.0 Å². The highest BCUT2D eigenvalue weighted by atomic mass is 32.2. The van der Waals surface area contributed by atoms with Gasteiger partial charge in [-0.2, -0.15) is 0 Å². The van der Waals surface area contributed by atoms with Crippen LogP contribution in [0.25, 0.3) is 0 Å². The van der Waals surface area contributed by atoms with Crippen molar-refractivity contribution in [2.45, 2.75) is 37.1 Å². The number of benzene rings is 2. The fraction of sp³-hybridized carbons (Fsp3) is 0.364. The highest BCUT2D eigenvalue weighted by Gasteiger charge is 2.28. The van der Waals surface area contributed by atoms with E-state index in [-0.39, 0.29) is 23.6 Å². The number of hydrogen-bond acceptors (Lipinski definition) is 4. The third-order valence-electron chi connectivity index (χ3n) is 5.10. The zero-order valence-electron chi connectivity index (χ0n) is 16.1. The number of hydrogen-bond donors (Lipinski definition) is 3. The molecular formula is C22H27N3O2S. The van der Waals surface area contributed by atoms with Gasteiger partial charge < -0.3 is 16.4 Å². The smallest absolute Gasteiger partial charge is 0.252 e. The molecule has 1 aliphatic rings. The normalized spacial score (nSPS) is 18.6. The second-order valence-electron chi connectivity index (χ2n) is 7.21. The fourth-order valence-corrected chi connectivity index (χ4v) is 4.36. The molecule has 2 amide bonds. The molecule has 0 aliphatic heterocycles. The van der Waals surface area contributed by atoms with E-state index in [1.807, 2.05) is 55.5 Å². The van der Waals surface area contributed by atoms with Gasteiger partial charge in [0.2, 0.25) is 5.91 Å². The predicted molar refractivity (Wildman–Crippen MR) is 115 cm³/mol. The van der Waals surface area contributed by atoms with Gasteiger partial charge in [-0.25, -0.2) is 0 Å². The van der Waals surface area contributed by atoms with Crippen LogP contribution in [0.5, 0.6) is 0 Å². The van der Waals surface area contributed by atoms with Crippen LogP contribution in [0.15, 0.2) is 53.4 Å². The molecule has 0 radical (unpaired) electrons. The van der Waals surface area contributed by atoms with Crippen LogP contribution < -0.4 is 16.4 Å². The lowest BCUT2D eigenvalue weighted by atomic mass is 10.0. The molecule has 0 aromatic heterocycles. The minimum atomic E-state index is -0.0944. The maximum atomic E-state index is 12.8. The molecule has 2 unspecified atom stereocenters. The summed E-state index contributed by atoms with van der Waals surface area (Å²) >= 11 is 1.37. The topological polar surface area (TPSA) is 84.2 Å². The summed E-state index contributed by atoms with van der Waals surface area (Å²) in [5, 5.41) is 6.02. The summed E-state index contributed by atoms with van der Waals surface area (Å²) in [5.41, 5.74) is 8.35. The Morgan fingerprint density at radius 3 is 2.61 bits per heavy atom. The van der Waals surface area contributed by atoms with E-state index >= 15 is 0 Å². The first-order valence-corrected chi connectivity index (χ1v) is 10.6. The Labute approximate surface area is 170 Å². The van der Waals surface area contributed by atoms with Crippen LogP contribution in [0, 0.1) is 12.8 Å². The lowest BCUT2D eigenvalue weighted by Crippen LogP contribution is -2.40. The van der Waals surface area contributed by atoms with Crippen molar-refractivity contribution in [3.8, 4) is 0 Å². The molecule has 1 fully saturated rings. The van der Waals surface area contributed by atoms with Crippen molar-refractivity contribution in [1.82, 2.24) is 5.32 Å². The summed E-state index contributed by atoms with van der Waals surface area (Å²) in [6.07, 6.45) is 3.14. The minimum absolute atomic E-state index is 0.0904. The summed E-state index contributed by atoms with van der Waals surface area (Å²) in [6.45, 7) is 2.60. The first-order valence-electron chi connectivity index (χ1n) is 9.66. The molecule has 5 nitrogen and oxygen atoms in total. The Hall–Kier alpha value is -2.31. The van der Waals surface area contributed by atoms with Crippen molar-refractivity contribution in [2.75, 3.05) is 17.6 Å². The first kappa shape index (κ1) is 20.4. The lowest BCUT2D eigenvalue weighted by Gasteiger charge is -2.20. The Morgan fingerprint density at radius 1 is 1.11 bits per heavy atom. The van der Waals surface area contributed by atoms with E-state index in [1.54, 1.807) is 0 Å². The monoisotopic (exact) mass is 397 g/mol. The van der Waals surface area contributed by atoms with Gasteiger partial charge in [0.25, 0.3) is 5.91 Å². The quantitative estimate of drug-likeness (QED) is 0.624. The fourth-order valence-electron chi connectivity index (χ4n) is 3.51. The number of carbonyl (C=O) groups is 2. The maximum Gasteiger partial charge on any atom is 0.252 e. The zero-order chi connectivity index (χ0) is 19.9. The van der Waals surface area contributed by atoms with Crippen LogP contribution in [0.4, 0.5) is 5.69 Å². The third-order valence-corrected chi connectivity index (χ3v) is 6.18. The number of rotatable bonds is 7. The molecule has 0 spiro atoms. The van der Waals surface area contributed by atoms with Gasteiger partial charge >= 0.3 is 0 Å². The van der Waals surface area contributed by atoms with Gasteiger partial charge in [0.1, 0.15) is 0 Å². The molecule has 4 N–H and O–H groups in total. The van der Waals surface area contributed by atoms with Gasteiger partial charge in [0.15, 0.2) is 0 Å². The van der Waals surface area contributed by atoms with Crippen LogP contribution >= 0.6 is 11.8 Å². The summed E-state index contributed by atoms with van der Waals surface area (Å²) < 4.78 is 0. The van der Waals surface area contributed by atoms with E-state index in [1.165, 1.54) is 11.8 Å². The molecule has 28 heavy (non-hydrogen) atoms. The maximum absolute atomic E-state index is 12.8. The van der Waals surface area contributed by atoms with E-state index in [4.69, 9.17) is 5.73 Å². The Morgan fingerprint density at radius 2 is 1.86 bits per heavy atom. The summed E-state index contributed by atoms with van der Waals surface area (Å²) in [4.78, 5) is 25.9. The van der Waals surface area contributed by atoms with Crippen molar-refractivity contribution in [1.29, 1.82) is 0 Å². The predicted octanol–water partition coefficient (Wildman–Crippen LogP) is 3.58. The van der Waals surface area contributed by atoms with Crippen LogP contribution in [0.2, 0.25) is 0 Å². The highest BCUT2D eigenvalue weighted by molar-refractivity contribution is 8.00. The molecule has 0 heterocycles. The average molecular weight is 398 g/mol. The second kappa shape index (κ2) is 9.75. The van der Waals surface area contributed by atoms with Gasteiger partial charge in [-0.3, -0.25) is 9.59 Å². The second-order valence-corrected chi connectivity index (χ2v) is 8.22. The average Bonchev–Trinajstić information content (AvgIpc) is 3.15. The van der Waals surface area contributed by atoms with Crippen molar-refractivity contribution in [2.24, 2.45) is 11.7 Å². The molecule has 3 rings (SSSR count). The molecule has 2 aromatic rings. The molecule has 1 aliphatic carbocycles. The SMILES string of the molecule is Cc1ccc(NC(=O)CSc2ccccc2C(=O)NC2CCCC2CN)cc1. The summed E-state index contributed by atoms with van der Waals surface area (Å²) in [5.74, 6) is 0.409. The van der Waals surface area contributed by atoms with Gasteiger partial charge in [-0.1, -0.05) is 36.2 Å². The number of anilines is 1. The largest absolute Gasteiger partial charge is 0.349 e. The van der Waals surface area contributed by atoms with Crippen molar-refractivity contribution < 1.29 is 9.59 Å². The van der Waals surface area contributed by atoms with Gasteiger partial charge in [-0.15, -0.1) is 11.8 Å². The Kier molecular flexibility index (Phi) is 7.12. The molecule has 2 aromatic carbocycles. The number of nitrogens with two attached hydrogens (primary N) is 1. The number of aryl methyl sites for hydroxylation is 1. The van der Waals surface area contributed by atoms with Crippen LogP contribution in [0.1, 0.15) is 35.2 Å². The molecule has 6 heteroatoms. The van der Waals surface area contributed by atoms with Gasteiger partial charge in [-0.05, 0) is 56.5 Å².